The van der Waals surface area contributed by atoms with E-state index in [9.17, 15) is 4.79 Å². The number of para-hydroxylation sites is 1. The van der Waals surface area contributed by atoms with Gasteiger partial charge in [0, 0.05) is 18.6 Å². The summed E-state index contributed by atoms with van der Waals surface area (Å²) in [6.07, 6.45) is 0. The van der Waals surface area contributed by atoms with Gasteiger partial charge in [-0.3, -0.25) is 4.79 Å². The van der Waals surface area contributed by atoms with Crippen LogP contribution in [0.25, 0.3) is 0 Å². The maximum atomic E-state index is 11.4. The zero-order valence-corrected chi connectivity index (χ0v) is 9.87. The number of hydrogen-bond acceptors (Lipinski definition) is 4. The van der Waals surface area contributed by atoms with E-state index in [4.69, 9.17) is 10.5 Å². The van der Waals surface area contributed by atoms with E-state index >= 15 is 0 Å². The van der Waals surface area contributed by atoms with Crippen molar-refractivity contribution in [3.63, 3.8) is 0 Å². The summed E-state index contributed by atoms with van der Waals surface area (Å²) in [5, 5.41) is -0.312. The van der Waals surface area contributed by atoms with Crippen LogP contribution in [0.15, 0.2) is 29.2 Å². The van der Waals surface area contributed by atoms with E-state index in [-0.39, 0.29) is 11.3 Å². The molecule has 0 saturated carbocycles. The highest BCUT2D eigenvalue weighted by Gasteiger charge is 2.33. The van der Waals surface area contributed by atoms with Crippen LogP contribution in [-0.4, -0.2) is 31.5 Å². The van der Waals surface area contributed by atoms with Crippen molar-refractivity contribution in [2.24, 2.45) is 5.73 Å². The van der Waals surface area contributed by atoms with Crippen molar-refractivity contribution >= 4 is 23.4 Å². The van der Waals surface area contributed by atoms with Crippen molar-refractivity contribution in [1.29, 1.82) is 0 Å². The topological polar surface area (TPSA) is 55.6 Å². The summed E-state index contributed by atoms with van der Waals surface area (Å²) in [7, 11) is 1.65. The quantitative estimate of drug-likeness (QED) is 0.852. The second-order valence-corrected chi connectivity index (χ2v) is 4.65. The van der Waals surface area contributed by atoms with Crippen LogP contribution in [0.3, 0.4) is 0 Å². The lowest BCUT2D eigenvalue weighted by molar-refractivity contribution is -0.117. The van der Waals surface area contributed by atoms with Gasteiger partial charge in [-0.2, -0.15) is 0 Å². The Morgan fingerprint density at radius 1 is 1.56 bits per heavy atom. The van der Waals surface area contributed by atoms with E-state index in [1.807, 2.05) is 29.2 Å². The number of carbonyl (C=O) groups is 1. The number of nitrogens with two attached hydrogens (primary N) is 1. The number of rotatable bonds is 4. The number of carbonyl (C=O) groups excluding carboxylic acids is 1. The lowest BCUT2D eigenvalue weighted by Crippen LogP contribution is -2.41. The number of benzene rings is 1. The Morgan fingerprint density at radius 3 is 3.00 bits per heavy atom. The number of fused-ring (bicyclic) bond motifs is 1. The predicted molar refractivity (Wildman–Crippen MR) is 64.5 cm³/mol. The number of thioether (sulfide) groups is 1. The van der Waals surface area contributed by atoms with E-state index in [1.165, 1.54) is 11.8 Å². The fourth-order valence-corrected chi connectivity index (χ4v) is 2.91. The molecule has 1 aromatic rings. The van der Waals surface area contributed by atoms with Gasteiger partial charge in [-0.15, -0.1) is 0 Å². The Morgan fingerprint density at radius 2 is 2.31 bits per heavy atom. The molecule has 16 heavy (non-hydrogen) atoms. The first-order valence-corrected chi connectivity index (χ1v) is 5.92. The van der Waals surface area contributed by atoms with E-state index in [0.717, 1.165) is 10.6 Å². The molecule has 86 valence electrons. The normalized spacial score (nSPS) is 18.6. The van der Waals surface area contributed by atoms with Crippen LogP contribution < -0.4 is 10.6 Å². The highest BCUT2D eigenvalue weighted by molar-refractivity contribution is 8.01. The summed E-state index contributed by atoms with van der Waals surface area (Å²) in [6, 6.07) is 7.93. The highest BCUT2D eigenvalue weighted by atomic mass is 32.2. The van der Waals surface area contributed by atoms with Crippen molar-refractivity contribution in [3.8, 4) is 0 Å². The van der Waals surface area contributed by atoms with Crippen LogP contribution in [0.2, 0.25) is 0 Å². The van der Waals surface area contributed by atoms with Crippen LogP contribution in [-0.2, 0) is 9.53 Å². The molecule has 0 aliphatic carbocycles. The molecular formula is C11H14N2O2S. The molecule has 0 spiro atoms. The number of hydrogen-bond donors (Lipinski definition) is 1. The zero-order valence-electron chi connectivity index (χ0n) is 9.05. The number of anilines is 1. The maximum Gasteiger partial charge on any atom is 0.251 e. The molecule has 0 radical (unpaired) electrons. The number of methoxy groups -OCH3 is 1. The lowest BCUT2D eigenvalue weighted by Gasteiger charge is -2.23. The smallest absolute Gasteiger partial charge is 0.251 e. The molecule has 1 aliphatic rings. The second kappa shape index (κ2) is 4.76. The molecule has 1 aliphatic heterocycles. The van der Waals surface area contributed by atoms with Gasteiger partial charge in [-0.1, -0.05) is 23.9 Å². The average Bonchev–Trinajstić information content (AvgIpc) is 2.65. The molecule has 2 N–H and O–H groups in total. The van der Waals surface area contributed by atoms with Gasteiger partial charge < -0.3 is 15.4 Å². The summed E-state index contributed by atoms with van der Waals surface area (Å²) in [4.78, 5) is 14.5. The molecule has 5 heteroatoms. The zero-order chi connectivity index (χ0) is 11.5. The summed E-state index contributed by atoms with van der Waals surface area (Å²) < 4.78 is 5.04. The van der Waals surface area contributed by atoms with Crippen molar-refractivity contribution in [3.05, 3.63) is 24.3 Å². The average molecular weight is 238 g/mol. The van der Waals surface area contributed by atoms with Crippen LogP contribution in [0.4, 0.5) is 5.69 Å². The van der Waals surface area contributed by atoms with Gasteiger partial charge in [0.1, 0.15) is 0 Å². The first-order chi connectivity index (χ1) is 7.74. The van der Waals surface area contributed by atoms with Crippen molar-refractivity contribution in [2.75, 3.05) is 25.2 Å². The fourth-order valence-electron chi connectivity index (χ4n) is 1.74. The van der Waals surface area contributed by atoms with E-state index in [0.29, 0.717) is 13.2 Å². The summed E-state index contributed by atoms with van der Waals surface area (Å²) in [5.41, 5.74) is 6.46. The predicted octanol–water partition coefficient (Wildman–Crippen LogP) is 1.06. The Hall–Kier alpha value is -1.20. The van der Waals surface area contributed by atoms with E-state index in [2.05, 4.69) is 0 Å². The van der Waals surface area contributed by atoms with Crippen molar-refractivity contribution in [2.45, 2.75) is 10.3 Å². The summed E-state index contributed by atoms with van der Waals surface area (Å²) in [5.74, 6) is -0.308. The monoisotopic (exact) mass is 238 g/mol. The first kappa shape index (κ1) is 11.3. The van der Waals surface area contributed by atoms with Crippen LogP contribution >= 0.6 is 11.8 Å². The van der Waals surface area contributed by atoms with Gasteiger partial charge in [0.2, 0.25) is 0 Å². The molecule has 0 fully saturated rings. The fraction of sp³-hybridized carbons (Fsp3) is 0.364. The van der Waals surface area contributed by atoms with Crippen LogP contribution in [0.5, 0.6) is 0 Å². The summed E-state index contributed by atoms with van der Waals surface area (Å²) in [6.45, 7) is 1.26. The molecule has 0 aromatic heterocycles. The molecule has 1 unspecified atom stereocenters. The van der Waals surface area contributed by atoms with E-state index in [1.54, 1.807) is 7.11 Å². The largest absolute Gasteiger partial charge is 0.383 e. The Kier molecular flexibility index (Phi) is 3.36. The number of primary amides is 1. The Balaban J connectivity index is 2.25. The number of nitrogens with zero attached hydrogens (tertiary/aromatic N) is 1. The highest BCUT2D eigenvalue weighted by Crippen LogP contribution is 2.42. The third-order valence-electron chi connectivity index (χ3n) is 2.48. The SMILES string of the molecule is COCCN1c2ccccc2SC1C(N)=O. The standard InChI is InChI=1S/C11H14N2O2S/c1-15-7-6-13-8-4-2-3-5-9(8)16-11(13)10(12)14/h2-5,11H,6-7H2,1H3,(H2,12,14). The maximum absolute atomic E-state index is 11.4. The summed E-state index contributed by atoms with van der Waals surface area (Å²) >= 11 is 1.50. The minimum atomic E-state index is -0.312. The van der Waals surface area contributed by atoms with Gasteiger partial charge in [0.25, 0.3) is 5.91 Å². The van der Waals surface area contributed by atoms with Gasteiger partial charge in [-0.05, 0) is 12.1 Å². The minimum absolute atomic E-state index is 0.308. The minimum Gasteiger partial charge on any atom is -0.383 e. The molecular weight excluding hydrogens is 224 g/mol. The van der Waals surface area contributed by atoms with Gasteiger partial charge >= 0.3 is 0 Å². The van der Waals surface area contributed by atoms with E-state index < -0.39 is 0 Å². The lowest BCUT2D eigenvalue weighted by atomic mass is 10.3. The third kappa shape index (κ3) is 2.01. The molecule has 0 saturated heterocycles. The molecule has 0 bridgehead atoms. The Bertz CT molecular complexity index is 397. The Labute approximate surface area is 98.7 Å². The molecule has 1 aromatic carbocycles. The number of amides is 1. The second-order valence-electron chi connectivity index (χ2n) is 3.53. The van der Waals surface area contributed by atoms with Crippen molar-refractivity contribution in [1.82, 2.24) is 0 Å². The number of ether oxygens (including phenoxy) is 1. The van der Waals surface area contributed by atoms with Gasteiger partial charge in [0.15, 0.2) is 5.37 Å². The molecule has 2 rings (SSSR count). The van der Waals surface area contributed by atoms with Gasteiger partial charge in [0.05, 0.1) is 12.3 Å². The first-order valence-electron chi connectivity index (χ1n) is 5.04. The molecule has 1 heterocycles. The van der Waals surface area contributed by atoms with Gasteiger partial charge in [-0.25, -0.2) is 0 Å². The van der Waals surface area contributed by atoms with Crippen LogP contribution in [0.1, 0.15) is 0 Å². The van der Waals surface area contributed by atoms with Crippen molar-refractivity contribution < 1.29 is 9.53 Å². The molecule has 1 atom stereocenters. The van der Waals surface area contributed by atoms with Crippen LogP contribution in [0, 0.1) is 0 Å². The third-order valence-corrected chi connectivity index (χ3v) is 3.79. The molecule has 1 amide bonds. The molecule has 4 nitrogen and oxygen atoms in total.